The summed E-state index contributed by atoms with van der Waals surface area (Å²) in [6, 6.07) is 6.66. The molecule has 37 heavy (non-hydrogen) atoms. The smallest absolute Gasteiger partial charge is 0.273 e. The minimum atomic E-state index is -2.80. The number of hydrogen-bond donors (Lipinski definition) is 1. The zero-order valence-corrected chi connectivity index (χ0v) is 20.8. The number of aromatic nitrogens is 5. The molecule has 1 aromatic carbocycles. The van der Waals surface area contributed by atoms with Crippen molar-refractivity contribution in [2.45, 2.75) is 58.1 Å². The van der Waals surface area contributed by atoms with Crippen LogP contribution >= 0.6 is 0 Å². The molecule has 1 N–H and O–H groups in total. The van der Waals surface area contributed by atoms with Gasteiger partial charge >= 0.3 is 0 Å². The third-order valence-corrected chi connectivity index (χ3v) is 7.31. The van der Waals surface area contributed by atoms with Gasteiger partial charge in [0.1, 0.15) is 24.1 Å². The fourth-order valence-corrected chi connectivity index (χ4v) is 5.45. The molecule has 11 heteroatoms. The quantitative estimate of drug-likeness (QED) is 0.433. The molecule has 3 aromatic heterocycles. The third-order valence-electron chi connectivity index (χ3n) is 7.31. The Hall–Kier alpha value is -3.89. The van der Waals surface area contributed by atoms with Gasteiger partial charge in [-0.2, -0.15) is 0 Å². The van der Waals surface area contributed by atoms with Crippen LogP contribution in [0.15, 0.2) is 30.6 Å². The van der Waals surface area contributed by atoms with Crippen molar-refractivity contribution in [3.8, 4) is 5.75 Å². The summed E-state index contributed by atoms with van der Waals surface area (Å²) in [4.78, 5) is 22.8. The van der Waals surface area contributed by atoms with Gasteiger partial charge in [-0.3, -0.25) is 9.20 Å². The van der Waals surface area contributed by atoms with Crippen molar-refractivity contribution < 1.29 is 18.3 Å². The zero-order chi connectivity index (χ0) is 25.9. The lowest BCUT2D eigenvalue weighted by Crippen LogP contribution is -2.28. The summed E-state index contributed by atoms with van der Waals surface area (Å²) in [5.74, 6) is -1.15. The van der Waals surface area contributed by atoms with Crippen molar-refractivity contribution in [1.82, 2.24) is 29.5 Å². The average Bonchev–Trinajstić information content (AvgIpc) is 3.59. The van der Waals surface area contributed by atoms with Crippen molar-refractivity contribution in [2.75, 3.05) is 18.4 Å². The number of amides is 1. The lowest BCUT2D eigenvalue weighted by atomic mass is 9.97. The van der Waals surface area contributed by atoms with E-state index in [1.54, 1.807) is 35.5 Å². The summed E-state index contributed by atoms with van der Waals surface area (Å²) >= 11 is 0. The standard InChI is InChI=1S/C26H27F2N7O2/c1-14(18-5-4-6-21-19(18)7-9-26(21,27)28)30-23-20-11-22(37-17-8-10-34(12-17)16(3)36)25-33-29-13-35(25)24(20)32-15(2)31-23/h4-6,11,13-14,17H,7-10,12H2,1-3H3,(H,30,31,32)/t14-,17+/m1/s1. The fourth-order valence-electron chi connectivity index (χ4n) is 5.45. The van der Waals surface area contributed by atoms with Gasteiger partial charge in [-0.15, -0.1) is 10.2 Å². The largest absolute Gasteiger partial charge is 0.484 e. The Morgan fingerprint density at radius 1 is 1.27 bits per heavy atom. The molecule has 1 aliphatic carbocycles. The van der Waals surface area contributed by atoms with E-state index >= 15 is 0 Å². The van der Waals surface area contributed by atoms with E-state index in [0.717, 1.165) is 5.56 Å². The lowest BCUT2D eigenvalue weighted by molar-refractivity contribution is -0.128. The van der Waals surface area contributed by atoms with Gasteiger partial charge in [-0.25, -0.2) is 18.7 Å². The molecule has 0 bridgehead atoms. The van der Waals surface area contributed by atoms with Crippen LogP contribution in [0.4, 0.5) is 14.6 Å². The van der Waals surface area contributed by atoms with E-state index in [1.165, 1.54) is 6.07 Å². The summed E-state index contributed by atoms with van der Waals surface area (Å²) < 4.78 is 36.8. The molecule has 4 heterocycles. The molecule has 0 saturated carbocycles. The van der Waals surface area contributed by atoms with Crippen molar-refractivity contribution in [1.29, 1.82) is 0 Å². The molecule has 192 valence electrons. The lowest BCUT2D eigenvalue weighted by Gasteiger charge is -2.21. The third kappa shape index (κ3) is 4.02. The van der Waals surface area contributed by atoms with E-state index in [0.29, 0.717) is 65.6 Å². The summed E-state index contributed by atoms with van der Waals surface area (Å²) in [6.07, 6.45) is 2.29. The highest BCUT2D eigenvalue weighted by Gasteiger charge is 2.40. The Balaban J connectivity index is 1.39. The minimum absolute atomic E-state index is 0.0201. The van der Waals surface area contributed by atoms with E-state index in [9.17, 15) is 13.6 Å². The molecule has 0 radical (unpaired) electrons. The minimum Gasteiger partial charge on any atom is -0.484 e. The van der Waals surface area contributed by atoms with E-state index in [2.05, 4.69) is 25.5 Å². The van der Waals surface area contributed by atoms with Gasteiger partial charge in [0.25, 0.3) is 5.92 Å². The molecule has 6 rings (SSSR count). The molecule has 1 aliphatic heterocycles. The number of nitrogens with zero attached hydrogens (tertiary/aromatic N) is 6. The normalized spacial score (nSPS) is 19.4. The fraction of sp³-hybridized carbons (Fsp3) is 0.423. The summed E-state index contributed by atoms with van der Waals surface area (Å²) in [5.41, 5.74) is 2.77. The van der Waals surface area contributed by atoms with Gasteiger partial charge in [0.15, 0.2) is 11.4 Å². The molecule has 4 aromatic rings. The number of carbonyl (C=O) groups is 1. The second-order valence-electron chi connectivity index (χ2n) is 9.83. The second kappa shape index (κ2) is 8.60. The number of rotatable bonds is 5. The van der Waals surface area contributed by atoms with E-state index in [4.69, 9.17) is 4.74 Å². The SMILES string of the molecule is CC(=O)N1CC[C@H](Oc2cc3c(N[C@H](C)c4cccc5c4CCC5(F)F)nc(C)nc3n3cnnc23)C1. The predicted molar refractivity (Wildman–Crippen MR) is 133 cm³/mol. The summed E-state index contributed by atoms with van der Waals surface area (Å²) in [5, 5.41) is 12.4. The van der Waals surface area contributed by atoms with Gasteiger partial charge in [0, 0.05) is 31.9 Å². The molecule has 0 spiro atoms. The predicted octanol–water partition coefficient (Wildman–Crippen LogP) is 4.19. The van der Waals surface area contributed by atoms with Crippen molar-refractivity contribution in [2.24, 2.45) is 0 Å². The van der Waals surface area contributed by atoms with Crippen molar-refractivity contribution in [3.63, 3.8) is 0 Å². The first-order valence-electron chi connectivity index (χ1n) is 12.4. The maximum absolute atomic E-state index is 14.4. The molecular formula is C26H27F2N7O2. The van der Waals surface area contributed by atoms with Crippen LogP contribution in [0.1, 0.15) is 55.2 Å². The number of carbonyl (C=O) groups excluding carboxylic acids is 1. The number of benzene rings is 1. The first kappa shape index (κ1) is 23.5. The second-order valence-corrected chi connectivity index (χ2v) is 9.83. The van der Waals surface area contributed by atoms with Crippen LogP contribution in [0.3, 0.4) is 0 Å². The van der Waals surface area contributed by atoms with Crippen LogP contribution in [0.5, 0.6) is 5.75 Å². The number of likely N-dealkylation sites (tertiary alicyclic amines) is 1. The van der Waals surface area contributed by atoms with E-state index in [1.807, 2.05) is 19.1 Å². The molecule has 2 atom stereocenters. The first-order valence-corrected chi connectivity index (χ1v) is 12.4. The molecule has 1 fully saturated rings. The molecule has 1 amide bonds. The Morgan fingerprint density at radius 3 is 2.89 bits per heavy atom. The van der Waals surface area contributed by atoms with Gasteiger partial charge in [-0.05, 0) is 37.5 Å². The Kier molecular flexibility index (Phi) is 5.46. The first-order chi connectivity index (χ1) is 17.7. The molecule has 9 nitrogen and oxygen atoms in total. The molecule has 1 saturated heterocycles. The van der Waals surface area contributed by atoms with Crippen molar-refractivity contribution in [3.05, 3.63) is 53.1 Å². The van der Waals surface area contributed by atoms with Crippen LogP contribution in [-0.4, -0.2) is 54.6 Å². The number of halogens is 2. The number of alkyl halides is 2. The number of aryl methyl sites for hydroxylation is 1. The zero-order valence-electron chi connectivity index (χ0n) is 20.8. The number of fused-ring (bicyclic) bond motifs is 4. The van der Waals surface area contributed by atoms with Gasteiger partial charge in [0.05, 0.1) is 18.0 Å². The highest BCUT2D eigenvalue weighted by atomic mass is 19.3. The van der Waals surface area contributed by atoms with Crippen LogP contribution in [0.2, 0.25) is 0 Å². The highest BCUT2D eigenvalue weighted by molar-refractivity contribution is 5.91. The van der Waals surface area contributed by atoms with E-state index < -0.39 is 5.92 Å². The van der Waals surface area contributed by atoms with Crippen LogP contribution in [0, 0.1) is 6.92 Å². The average molecular weight is 508 g/mol. The maximum atomic E-state index is 14.4. The van der Waals surface area contributed by atoms with Crippen LogP contribution in [0.25, 0.3) is 16.7 Å². The molecule has 0 unspecified atom stereocenters. The number of ether oxygens (including phenoxy) is 1. The molecular weight excluding hydrogens is 480 g/mol. The number of pyridine rings is 1. The Labute approximate surface area is 211 Å². The number of hydrogen-bond acceptors (Lipinski definition) is 7. The summed E-state index contributed by atoms with van der Waals surface area (Å²) in [7, 11) is 0. The van der Waals surface area contributed by atoms with Crippen LogP contribution in [-0.2, 0) is 17.1 Å². The van der Waals surface area contributed by atoms with Crippen molar-refractivity contribution >= 4 is 28.4 Å². The molecule has 2 aliphatic rings. The highest BCUT2D eigenvalue weighted by Crippen LogP contribution is 2.44. The Morgan fingerprint density at radius 2 is 2.11 bits per heavy atom. The van der Waals surface area contributed by atoms with Gasteiger partial charge < -0.3 is 15.0 Å². The summed E-state index contributed by atoms with van der Waals surface area (Å²) in [6.45, 7) is 6.44. The number of anilines is 1. The van der Waals surface area contributed by atoms with Gasteiger partial charge in [0.2, 0.25) is 11.6 Å². The monoisotopic (exact) mass is 507 g/mol. The van der Waals surface area contributed by atoms with E-state index in [-0.39, 0.29) is 30.0 Å². The van der Waals surface area contributed by atoms with Gasteiger partial charge in [-0.1, -0.05) is 18.2 Å². The topological polar surface area (TPSA) is 97.5 Å². The van der Waals surface area contributed by atoms with Crippen LogP contribution < -0.4 is 10.1 Å². The Bertz CT molecular complexity index is 1540. The maximum Gasteiger partial charge on any atom is 0.273 e. The number of nitrogens with one attached hydrogen (secondary N) is 1.